The Morgan fingerprint density at radius 2 is 1.92 bits per heavy atom. The van der Waals surface area contributed by atoms with Crippen LogP contribution in [0.15, 0.2) is 71.1 Å². The maximum Gasteiger partial charge on any atom is 0.416 e. The topological polar surface area (TPSA) is 34.9 Å². The maximum absolute atomic E-state index is 12.8. The van der Waals surface area contributed by atoms with Gasteiger partial charge in [-0.2, -0.15) is 13.2 Å². The quantitative estimate of drug-likeness (QED) is 0.361. The summed E-state index contributed by atoms with van der Waals surface area (Å²) >= 11 is 1.23. The second-order valence-electron chi connectivity index (χ2n) is 5.60. The highest BCUT2D eigenvalue weighted by Gasteiger charge is 2.30. The first-order valence-corrected chi connectivity index (χ1v) is 8.78. The third kappa shape index (κ3) is 3.83. The van der Waals surface area contributed by atoms with Crippen LogP contribution in [-0.2, 0) is 18.5 Å². The van der Waals surface area contributed by atoms with Gasteiger partial charge in [-0.05, 0) is 23.8 Å². The van der Waals surface area contributed by atoms with E-state index in [1.165, 1.54) is 22.4 Å². The van der Waals surface area contributed by atoms with Gasteiger partial charge in [-0.25, -0.2) is 4.98 Å². The molecule has 0 aliphatic carbocycles. The fraction of sp³-hybridized carbons (Fsp3) is 0.158. The molecule has 3 rings (SSSR count). The van der Waals surface area contributed by atoms with Gasteiger partial charge in [-0.3, -0.25) is 9.36 Å². The van der Waals surface area contributed by atoms with Gasteiger partial charge in [0.2, 0.25) is 0 Å². The Morgan fingerprint density at radius 3 is 2.65 bits per heavy atom. The first-order chi connectivity index (χ1) is 12.4. The highest BCUT2D eigenvalue weighted by Crippen LogP contribution is 2.31. The van der Waals surface area contributed by atoms with Gasteiger partial charge in [-0.1, -0.05) is 48.2 Å². The number of alkyl halides is 3. The number of hydrogen-bond donors (Lipinski definition) is 0. The summed E-state index contributed by atoms with van der Waals surface area (Å²) in [6.45, 7) is 3.93. The van der Waals surface area contributed by atoms with Crippen molar-refractivity contribution in [3.8, 4) is 0 Å². The maximum atomic E-state index is 12.8. The van der Waals surface area contributed by atoms with E-state index in [1.54, 1.807) is 36.4 Å². The number of benzene rings is 2. The summed E-state index contributed by atoms with van der Waals surface area (Å²) in [5, 5.41) is 0.948. The molecule has 0 bridgehead atoms. The minimum Gasteiger partial charge on any atom is -0.283 e. The standard InChI is InChI=1S/C19H15F3N2OS/c1-2-10-24-17(25)15-8-3-4-9-16(15)23-18(24)26-12-13-6-5-7-14(11-13)19(20,21)22/h2-9,11H,1,10,12H2. The average Bonchev–Trinajstić information content (AvgIpc) is 2.62. The molecule has 0 spiro atoms. The minimum absolute atomic E-state index is 0.193. The van der Waals surface area contributed by atoms with Gasteiger partial charge in [0.25, 0.3) is 5.56 Å². The second kappa shape index (κ2) is 7.37. The van der Waals surface area contributed by atoms with Crippen LogP contribution in [0.1, 0.15) is 11.1 Å². The van der Waals surface area contributed by atoms with Gasteiger partial charge in [0.1, 0.15) is 0 Å². The van der Waals surface area contributed by atoms with E-state index in [0.29, 0.717) is 21.6 Å². The zero-order chi connectivity index (χ0) is 18.7. The molecule has 0 atom stereocenters. The molecule has 0 N–H and O–H groups in total. The van der Waals surface area contributed by atoms with Gasteiger partial charge in [0.15, 0.2) is 5.16 Å². The number of fused-ring (bicyclic) bond motifs is 1. The van der Waals surface area contributed by atoms with E-state index in [9.17, 15) is 18.0 Å². The third-order valence-corrected chi connectivity index (χ3v) is 4.81. The molecule has 0 unspecified atom stereocenters. The molecule has 0 fully saturated rings. The molecule has 26 heavy (non-hydrogen) atoms. The van der Waals surface area contributed by atoms with E-state index in [1.807, 2.05) is 0 Å². The number of aromatic nitrogens is 2. The number of nitrogens with zero attached hydrogens (tertiary/aromatic N) is 2. The van der Waals surface area contributed by atoms with Crippen LogP contribution < -0.4 is 5.56 Å². The average molecular weight is 376 g/mol. The molecule has 7 heteroatoms. The zero-order valence-corrected chi connectivity index (χ0v) is 14.5. The fourth-order valence-electron chi connectivity index (χ4n) is 2.53. The molecule has 0 aliphatic heterocycles. The van der Waals surface area contributed by atoms with E-state index >= 15 is 0 Å². The van der Waals surface area contributed by atoms with Crippen molar-refractivity contribution < 1.29 is 13.2 Å². The molecule has 134 valence electrons. The SMILES string of the molecule is C=CCn1c(SCc2cccc(C(F)(F)F)c2)nc2ccccc2c1=O. The van der Waals surface area contributed by atoms with Gasteiger partial charge >= 0.3 is 6.18 Å². The van der Waals surface area contributed by atoms with Crippen LogP contribution >= 0.6 is 11.8 Å². The molecule has 3 aromatic rings. The number of rotatable bonds is 5. The first-order valence-electron chi connectivity index (χ1n) is 7.79. The molecule has 1 aromatic heterocycles. The lowest BCUT2D eigenvalue weighted by atomic mass is 10.1. The van der Waals surface area contributed by atoms with Crippen LogP contribution in [0, 0.1) is 0 Å². The minimum atomic E-state index is -4.38. The molecule has 0 aliphatic rings. The molecule has 3 nitrogen and oxygen atoms in total. The van der Waals surface area contributed by atoms with Crippen LogP contribution in [0.2, 0.25) is 0 Å². The molecule has 0 saturated heterocycles. The Morgan fingerprint density at radius 1 is 1.15 bits per heavy atom. The number of thioether (sulfide) groups is 1. The molecular formula is C19H15F3N2OS. The zero-order valence-electron chi connectivity index (χ0n) is 13.7. The van der Waals surface area contributed by atoms with Crippen LogP contribution in [0.4, 0.5) is 13.2 Å². The lowest BCUT2D eigenvalue weighted by Crippen LogP contribution is -2.22. The van der Waals surface area contributed by atoms with Crippen LogP contribution in [0.3, 0.4) is 0 Å². The smallest absolute Gasteiger partial charge is 0.283 e. The summed E-state index contributed by atoms with van der Waals surface area (Å²) in [6.07, 6.45) is -2.79. The van der Waals surface area contributed by atoms with Crippen molar-refractivity contribution >= 4 is 22.7 Å². The summed E-state index contributed by atoms with van der Waals surface area (Å²) in [5.41, 5.74) is 0.189. The van der Waals surface area contributed by atoms with E-state index in [-0.39, 0.29) is 17.9 Å². The van der Waals surface area contributed by atoms with Crippen LogP contribution in [0.5, 0.6) is 0 Å². The molecule has 1 heterocycles. The largest absolute Gasteiger partial charge is 0.416 e. The first kappa shape index (κ1) is 18.3. The lowest BCUT2D eigenvalue weighted by Gasteiger charge is -2.12. The predicted molar refractivity (Wildman–Crippen MR) is 97.2 cm³/mol. The van der Waals surface area contributed by atoms with Crippen LogP contribution in [0.25, 0.3) is 10.9 Å². The molecule has 2 aromatic carbocycles. The fourth-order valence-corrected chi connectivity index (χ4v) is 3.48. The van der Waals surface area contributed by atoms with Gasteiger partial charge in [0.05, 0.1) is 16.5 Å². The Kier molecular flexibility index (Phi) is 5.18. The monoisotopic (exact) mass is 376 g/mol. The van der Waals surface area contributed by atoms with Gasteiger partial charge < -0.3 is 0 Å². The predicted octanol–water partition coefficient (Wildman–Crippen LogP) is 4.89. The number of hydrogen-bond acceptors (Lipinski definition) is 3. The Hall–Kier alpha value is -2.54. The summed E-state index contributed by atoms with van der Waals surface area (Å²) < 4.78 is 40.0. The van der Waals surface area contributed by atoms with Crippen molar-refractivity contribution in [3.63, 3.8) is 0 Å². The second-order valence-corrected chi connectivity index (χ2v) is 6.55. The Labute approximate surface area is 152 Å². The highest BCUT2D eigenvalue weighted by molar-refractivity contribution is 7.98. The van der Waals surface area contributed by atoms with E-state index in [2.05, 4.69) is 11.6 Å². The number of halogens is 3. The Balaban J connectivity index is 1.95. The van der Waals surface area contributed by atoms with Crippen molar-refractivity contribution in [3.05, 3.63) is 82.7 Å². The van der Waals surface area contributed by atoms with E-state index < -0.39 is 11.7 Å². The molecule has 0 saturated carbocycles. The lowest BCUT2D eigenvalue weighted by molar-refractivity contribution is -0.137. The summed E-state index contributed by atoms with van der Waals surface area (Å²) in [5.74, 6) is 0.270. The van der Waals surface area contributed by atoms with Gasteiger partial charge in [0, 0.05) is 12.3 Å². The summed E-state index contributed by atoms with van der Waals surface area (Å²) in [4.78, 5) is 17.1. The normalized spacial score (nSPS) is 11.7. The number of para-hydroxylation sites is 1. The van der Waals surface area contributed by atoms with Crippen molar-refractivity contribution in [2.24, 2.45) is 0 Å². The van der Waals surface area contributed by atoms with Gasteiger partial charge in [-0.15, -0.1) is 6.58 Å². The molecule has 0 radical (unpaired) electrons. The van der Waals surface area contributed by atoms with Crippen molar-refractivity contribution in [2.45, 2.75) is 23.6 Å². The molecular weight excluding hydrogens is 361 g/mol. The molecule has 0 amide bonds. The van der Waals surface area contributed by atoms with Crippen molar-refractivity contribution in [2.75, 3.05) is 0 Å². The Bertz CT molecular complexity index is 1010. The van der Waals surface area contributed by atoms with Crippen molar-refractivity contribution in [1.29, 1.82) is 0 Å². The summed E-state index contributed by atoms with van der Waals surface area (Å²) in [6, 6.07) is 12.1. The highest BCUT2D eigenvalue weighted by atomic mass is 32.2. The van der Waals surface area contributed by atoms with Crippen molar-refractivity contribution in [1.82, 2.24) is 9.55 Å². The van der Waals surface area contributed by atoms with Crippen LogP contribution in [-0.4, -0.2) is 9.55 Å². The summed E-state index contributed by atoms with van der Waals surface area (Å²) in [7, 11) is 0. The third-order valence-electron chi connectivity index (χ3n) is 3.76. The van der Waals surface area contributed by atoms with E-state index in [4.69, 9.17) is 0 Å². The van der Waals surface area contributed by atoms with E-state index in [0.717, 1.165) is 12.1 Å². The number of allylic oxidation sites excluding steroid dienone is 1.